The molecule has 0 atom stereocenters. The lowest BCUT2D eigenvalue weighted by Gasteiger charge is -1.89. The Balaban J connectivity index is 0.000001000. The molecule has 1 heterocycles. The van der Waals surface area contributed by atoms with Crippen molar-refractivity contribution in [1.29, 1.82) is 0 Å². The highest BCUT2D eigenvalue weighted by atomic mass is 79.9. The van der Waals surface area contributed by atoms with E-state index in [0.29, 0.717) is 10.2 Å². The van der Waals surface area contributed by atoms with Crippen LogP contribution >= 0.6 is 28.3 Å². The molecule has 1 aromatic heterocycles. The van der Waals surface area contributed by atoms with E-state index in [1.165, 1.54) is 6.20 Å². The van der Waals surface area contributed by atoms with E-state index in [2.05, 4.69) is 26.1 Å². The number of aromatic amines is 1. The number of carbonyl (C=O) groups is 1. The molecule has 1 aromatic rings. The zero-order valence-electron chi connectivity index (χ0n) is 5.37. The van der Waals surface area contributed by atoms with Gasteiger partial charge < -0.3 is 5.11 Å². The number of carboxylic acids is 1. The van der Waals surface area contributed by atoms with Crippen molar-refractivity contribution in [1.82, 2.24) is 10.2 Å². The van der Waals surface area contributed by atoms with Crippen LogP contribution in [0.15, 0.2) is 10.7 Å². The second-order valence-electron chi connectivity index (χ2n) is 1.77. The molecule has 0 bridgehead atoms. The van der Waals surface area contributed by atoms with E-state index < -0.39 is 5.97 Å². The van der Waals surface area contributed by atoms with Crippen LogP contribution in [0.1, 0.15) is 5.69 Å². The summed E-state index contributed by atoms with van der Waals surface area (Å²) in [5, 5.41) is 14.5. The number of H-pyrrole nitrogens is 1. The van der Waals surface area contributed by atoms with Crippen LogP contribution in [0.2, 0.25) is 0 Å². The van der Waals surface area contributed by atoms with Crippen molar-refractivity contribution in [3.8, 4) is 0 Å². The van der Waals surface area contributed by atoms with E-state index in [1.54, 1.807) is 0 Å². The Bertz CT molecular complexity index is 250. The molecule has 0 radical (unpaired) electrons. The Morgan fingerprint density at radius 1 is 1.82 bits per heavy atom. The number of rotatable bonds is 2. The minimum Gasteiger partial charge on any atom is -0.481 e. The molecule has 0 fully saturated rings. The first-order valence-corrected chi connectivity index (χ1v) is 3.39. The third kappa shape index (κ3) is 2.90. The molecule has 1 rings (SSSR count). The van der Waals surface area contributed by atoms with Gasteiger partial charge in [-0.15, -0.1) is 12.4 Å². The number of hydrogen-bond acceptors (Lipinski definition) is 2. The molecular weight excluding hydrogens is 235 g/mol. The van der Waals surface area contributed by atoms with E-state index in [0.717, 1.165) is 0 Å². The minimum absolute atomic E-state index is 0. The van der Waals surface area contributed by atoms with Crippen molar-refractivity contribution in [2.45, 2.75) is 6.42 Å². The topological polar surface area (TPSA) is 66.0 Å². The van der Waals surface area contributed by atoms with E-state index >= 15 is 0 Å². The van der Waals surface area contributed by atoms with Crippen molar-refractivity contribution < 1.29 is 9.90 Å². The maximum absolute atomic E-state index is 10.2. The maximum atomic E-state index is 10.2. The highest BCUT2D eigenvalue weighted by molar-refractivity contribution is 9.10. The zero-order chi connectivity index (χ0) is 7.56. The molecule has 11 heavy (non-hydrogen) atoms. The molecule has 2 N–H and O–H groups in total. The lowest BCUT2D eigenvalue weighted by atomic mass is 10.3. The van der Waals surface area contributed by atoms with Crippen LogP contribution in [-0.2, 0) is 11.2 Å². The molecule has 0 spiro atoms. The Morgan fingerprint density at radius 2 is 2.45 bits per heavy atom. The molecule has 0 aliphatic heterocycles. The van der Waals surface area contributed by atoms with Crippen LogP contribution < -0.4 is 0 Å². The fourth-order valence-electron chi connectivity index (χ4n) is 0.573. The Labute approximate surface area is 77.5 Å². The van der Waals surface area contributed by atoms with E-state index in [4.69, 9.17) is 5.11 Å². The van der Waals surface area contributed by atoms with Gasteiger partial charge in [0.15, 0.2) is 0 Å². The first-order chi connectivity index (χ1) is 4.70. The fraction of sp³-hybridized carbons (Fsp3) is 0.200. The average molecular weight is 241 g/mol. The quantitative estimate of drug-likeness (QED) is 0.818. The highest BCUT2D eigenvalue weighted by Gasteiger charge is 2.05. The summed E-state index contributed by atoms with van der Waals surface area (Å²) in [5.41, 5.74) is 0.590. The molecule has 0 saturated carbocycles. The van der Waals surface area contributed by atoms with Crippen LogP contribution in [0.3, 0.4) is 0 Å². The molecule has 62 valence electrons. The number of halogens is 2. The van der Waals surface area contributed by atoms with Crippen LogP contribution in [0.25, 0.3) is 0 Å². The van der Waals surface area contributed by atoms with Gasteiger partial charge in [0.2, 0.25) is 0 Å². The normalized spacial score (nSPS) is 8.82. The monoisotopic (exact) mass is 240 g/mol. The number of nitrogens with one attached hydrogen (secondary N) is 1. The van der Waals surface area contributed by atoms with Gasteiger partial charge in [-0.3, -0.25) is 9.89 Å². The van der Waals surface area contributed by atoms with Gasteiger partial charge in [0.25, 0.3) is 0 Å². The SMILES string of the molecule is Cl.O=C(O)Cc1[nH]ncc1Br. The second kappa shape index (κ2) is 4.35. The molecule has 0 saturated heterocycles. The summed E-state index contributed by atoms with van der Waals surface area (Å²) in [7, 11) is 0. The Morgan fingerprint density at radius 3 is 2.82 bits per heavy atom. The summed E-state index contributed by atoms with van der Waals surface area (Å²) in [6, 6.07) is 0. The number of aromatic nitrogens is 2. The molecule has 0 aliphatic rings. The summed E-state index contributed by atoms with van der Waals surface area (Å²) in [4.78, 5) is 10.2. The van der Waals surface area contributed by atoms with Crippen LogP contribution in [0.4, 0.5) is 0 Å². The highest BCUT2D eigenvalue weighted by Crippen LogP contribution is 2.12. The van der Waals surface area contributed by atoms with Crippen molar-refractivity contribution in [3.05, 3.63) is 16.4 Å². The van der Waals surface area contributed by atoms with Gasteiger partial charge in [-0.2, -0.15) is 5.10 Å². The number of aliphatic carboxylic acids is 1. The molecule has 0 aromatic carbocycles. The molecule has 4 nitrogen and oxygen atoms in total. The molecule has 0 aliphatic carbocycles. The maximum Gasteiger partial charge on any atom is 0.309 e. The van der Waals surface area contributed by atoms with Crippen LogP contribution in [0, 0.1) is 0 Å². The second-order valence-corrected chi connectivity index (χ2v) is 2.62. The first kappa shape index (κ1) is 10.4. The lowest BCUT2D eigenvalue weighted by molar-refractivity contribution is -0.136. The van der Waals surface area contributed by atoms with Crippen molar-refractivity contribution in [2.24, 2.45) is 0 Å². The standard InChI is InChI=1S/C5H5BrN2O2.ClH/c6-3-2-7-8-4(3)1-5(9)10;/h2H,1H2,(H,7,8)(H,9,10);1H. The molecule has 6 heteroatoms. The van der Waals surface area contributed by atoms with Crippen LogP contribution in [0.5, 0.6) is 0 Å². The van der Waals surface area contributed by atoms with Gasteiger partial charge >= 0.3 is 5.97 Å². The Kier molecular flexibility index (Phi) is 4.14. The van der Waals surface area contributed by atoms with E-state index in [9.17, 15) is 4.79 Å². The van der Waals surface area contributed by atoms with Crippen molar-refractivity contribution >= 4 is 34.3 Å². The minimum atomic E-state index is -0.870. The largest absolute Gasteiger partial charge is 0.481 e. The summed E-state index contributed by atoms with van der Waals surface area (Å²) in [5.74, 6) is -0.870. The Hall–Kier alpha value is -0.550. The average Bonchev–Trinajstić information content (AvgIpc) is 2.15. The lowest BCUT2D eigenvalue weighted by Crippen LogP contribution is -2.00. The summed E-state index contributed by atoms with van der Waals surface area (Å²) in [6.45, 7) is 0. The smallest absolute Gasteiger partial charge is 0.309 e. The number of carboxylic acid groups (broad SMARTS) is 1. The zero-order valence-corrected chi connectivity index (χ0v) is 7.78. The number of hydrogen-bond donors (Lipinski definition) is 2. The van der Waals surface area contributed by atoms with Gasteiger partial charge in [-0.05, 0) is 15.9 Å². The van der Waals surface area contributed by atoms with Crippen LogP contribution in [-0.4, -0.2) is 21.3 Å². The van der Waals surface area contributed by atoms with E-state index in [-0.39, 0.29) is 18.8 Å². The van der Waals surface area contributed by atoms with Crippen molar-refractivity contribution in [2.75, 3.05) is 0 Å². The summed E-state index contributed by atoms with van der Waals surface area (Å²) >= 11 is 3.14. The number of nitrogens with zero attached hydrogens (tertiary/aromatic N) is 1. The molecule has 0 unspecified atom stereocenters. The van der Waals surface area contributed by atoms with Crippen molar-refractivity contribution in [3.63, 3.8) is 0 Å². The van der Waals surface area contributed by atoms with Gasteiger partial charge in [0, 0.05) is 0 Å². The first-order valence-electron chi connectivity index (χ1n) is 2.59. The molecule has 0 amide bonds. The van der Waals surface area contributed by atoms with Gasteiger partial charge in [0.05, 0.1) is 22.8 Å². The molecular formula is C5H6BrClN2O2. The van der Waals surface area contributed by atoms with Gasteiger partial charge in [0.1, 0.15) is 0 Å². The fourth-order valence-corrected chi connectivity index (χ4v) is 0.905. The predicted octanol–water partition coefficient (Wildman–Crippen LogP) is 1.22. The van der Waals surface area contributed by atoms with E-state index in [1.807, 2.05) is 0 Å². The van der Waals surface area contributed by atoms with Gasteiger partial charge in [-0.1, -0.05) is 0 Å². The third-order valence-corrected chi connectivity index (χ3v) is 1.68. The van der Waals surface area contributed by atoms with Gasteiger partial charge in [-0.25, -0.2) is 0 Å². The summed E-state index contributed by atoms with van der Waals surface area (Å²) < 4.78 is 0.704. The predicted molar refractivity (Wildman–Crippen MR) is 44.9 cm³/mol. The summed E-state index contributed by atoms with van der Waals surface area (Å²) in [6.07, 6.45) is 1.50. The third-order valence-electron chi connectivity index (χ3n) is 0.994.